The van der Waals surface area contributed by atoms with Crippen molar-refractivity contribution >= 4 is 6.21 Å². The topological polar surface area (TPSA) is 85.6 Å². The first kappa shape index (κ1) is 17.5. The van der Waals surface area contributed by atoms with E-state index in [1.165, 1.54) is 6.92 Å². The number of alkyl halides is 3. The highest BCUT2D eigenvalue weighted by Gasteiger charge is 2.46. The highest BCUT2D eigenvalue weighted by molar-refractivity contribution is 5.78. The van der Waals surface area contributed by atoms with Crippen molar-refractivity contribution in [3.63, 3.8) is 0 Å². The van der Waals surface area contributed by atoms with E-state index in [2.05, 4.69) is 11.2 Å². The molecule has 1 saturated carbocycles. The van der Waals surface area contributed by atoms with Crippen LogP contribution in [0.4, 0.5) is 13.2 Å². The van der Waals surface area contributed by atoms with Crippen LogP contribution in [0.15, 0.2) is 11.3 Å². The second-order valence-corrected chi connectivity index (χ2v) is 4.71. The van der Waals surface area contributed by atoms with Crippen LogP contribution < -0.4 is 5.32 Å². The van der Waals surface area contributed by atoms with Gasteiger partial charge in [-0.2, -0.15) is 13.2 Å². The molecule has 118 valence electrons. The van der Waals surface area contributed by atoms with E-state index in [0.29, 0.717) is 6.21 Å². The first-order valence-electron chi connectivity index (χ1n) is 6.25. The summed E-state index contributed by atoms with van der Waals surface area (Å²) in [6.07, 6.45) is -1.29. The van der Waals surface area contributed by atoms with Crippen LogP contribution >= 0.6 is 0 Å². The minimum Gasteiger partial charge on any atom is -0.378 e. The normalized spacial score (nSPS) is 28.0. The highest BCUT2D eigenvalue weighted by Crippen LogP contribution is 2.35. The van der Waals surface area contributed by atoms with Crippen molar-refractivity contribution < 1.29 is 28.1 Å². The summed E-state index contributed by atoms with van der Waals surface area (Å²) in [5, 5.41) is 28.4. The van der Waals surface area contributed by atoms with Gasteiger partial charge in [0.05, 0.1) is 5.57 Å². The predicted octanol–water partition coefficient (Wildman–Crippen LogP) is 0.924. The number of rotatable bonds is 6. The summed E-state index contributed by atoms with van der Waals surface area (Å²) in [6, 6.07) is -0.688. The van der Waals surface area contributed by atoms with Gasteiger partial charge in [0.25, 0.3) is 0 Å². The van der Waals surface area contributed by atoms with Gasteiger partial charge in [-0.15, -0.1) is 6.42 Å². The second-order valence-electron chi connectivity index (χ2n) is 4.71. The van der Waals surface area contributed by atoms with Gasteiger partial charge in [-0.1, -0.05) is 5.92 Å². The van der Waals surface area contributed by atoms with Crippen molar-refractivity contribution in [3.05, 3.63) is 11.3 Å². The lowest BCUT2D eigenvalue weighted by Gasteiger charge is -2.41. The zero-order valence-corrected chi connectivity index (χ0v) is 11.4. The number of halogens is 3. The van der Waals surface area contributed by atoms with Crippen LogP contribution in [-0.2, 0) is 4.74 Å². The molecular formula is C13H17F3N2O3. The third-order valence-corrected chi connectivity index (χ3v) is 3.10. The average Bonchev–Trinajstić information content (AvgIpc) is 2.35. The first-order valence-corrected chi connectivity index (χ1v) is 6.25. The van der Waals surface area contributed by atoms with Crippen LogP contribution in [0.1, 0.15) is 19.8 Å². The van der Waals surface area contributed by atoms with Crippen LogP contribution in [0.5, 0.6) is 0 Å². The number of ether oxygens (including phenoxy) is 1. The molecule has 1 atom stereocenters. The maximum atomic E-state index is 13.1. The molecule has 1 unspecified atom stereocenters. The Labute approximate surface area is 120 Å². The van der Waals surface area contributed by atoms with Crippen molar-refractivity contribution in [2.45, 2.75) is 43.9 Å². The van der Waals surface area contributed by atoms with Gasteiger partial charge in [0, 0.05) is 31.7 Å². The Bertz CT molecular complexity index is 462. The predicted molar refractivity (Wildman–Crippen MR) is 69.4 cm³/mol. The number of hydrogen-bond acceptors (Lipinski definition) is 5. The van der Waals surface area contributed by atoms with E-state index in [0.717, 1.165) is 0 Å². The minimum absolute atomic E-state index is 0.0100. The molecule has 4 N–H and O–H groups in total. The molecule has 0 amide bonds. The van der Waals surface area contributed by atoms with Gasteiger partial charge in [0.2, 0.25) is 0 Å². The minimum atomic E-state index is -4.80. The van der Waals surface area contributed by atoms with Crippen molar-refractivity contribution in [1.82, 2.24) is 5.32 Å². The number of aliphatic hydroxyl groups is 2. The molecule has 5 nitrogen and oxygen atoms in total. The highest BCUT2D eigenvalue weighted by atomic mass is 19.4. The Morgan fingerprint density at radius 1 is 1.62 bits per heavy atom. The summed E-state index contributed by atoms with van der Waals surface area (Å²) >= 11 is 0. The monoisotopic (exact) mass is 306 g/mol. The molecule has 0 aliphatic heterocycles. The lowest BCUT2D eigenvalue weighted by Crippen LogP contribution is -2.54. The molecule has 1 rings (SSSR count). The number of allylic oxidation sites excluding steroid dienone is 1. The Kier molecular flexibility index (Phi) is 5.39. The van der Waals surface area contributed by atoms with Gasteiger partial charge in [-0.05, 0) is 6.92 Å². The van der Waals surface area contributed by atoms with Crippen LogP contribution in [-0.4, -0.2) is 47.1 Å². The van der Waals surface area contributed by atoms with Crippen LogP contribution in [0.3, 0.4) is 0 Å². The Morgan fingerprint density at radius 2 is 2.19 bits per heavy atom. The SMILES string of the molecule is C#C[C@]1(O)C[C@@H](N/C(=C(\C=N)C(O)OCC)C(F)(F)F)C1. The van der Waals surface area contributed by atoms with Gasteiger partial charge in [0.1, 0.15) is 11.3 Å². The molecule has 1 aliphatic rings. The van der Waals surface area contributed by atoms with Gasteiger partial charge < -0.3 is 25.7 Å². The molecule has 0 aromatic rings. The number of hydrogen-bond donors (Lipinski definition) is 4. The van der Waals surface area contributed by atoms with Gasteiger partial charge in [0.15, 0.2) is 6.29 Å². The average molecular weight is 306 g/mol. The molecule has 1 aliphatic carbocycles. The summed E-state index contributed by atoms with van der Waals surface area (Å²) in [6.45, 7) is 1.49. The summed E-state index contributed by atoms with van der Waals surface area (Å²) in [5.41, 5.74) is -3.39. The quantitative estimate of drug-likeness (QED) is 0.334. The van der Waals surface area contributed by atoms with Crippen LogP contribution in [0.2, 0.25) is 0 Å². The fraction of sp³-hybridized carbons (Fsp3) is 0.615. The molecule has 0 radical (unpaired) electrons. The van der Waals surface area contributed by atoms with Crippen molar-refractivity contribution in [2.75, 3.05) is 6.61 Å². The van der Waals surface area contributed by atoms with E-state index in [1.54, 1.807) is 0 Å². The van der Waals surface area contributed by atoms with Crippen molar-refractivity contribution in [1.29, 1.82) is 5.41 Å². The Hall–Kier alpha value is -1.56. The third-order valence-electron chi connectivity index (χ3n) is 3.10. The lowest BCUT2D eigenvalue weighted by molar-refractivity contribution is -0.110. The Morgan fingerprint density at radius 3 is 2.57 bits per heavy atom. The van der Waals surface area contributed by atoms with E-state index in [9.17, 15) is 23.4 Å². The molecule has 21 heavy (non-hydrogen) atoms. The number of aliphatic hydroxyl groups excluding tert-OH is 1. The summed E-state index contributed by atoms with van der Waals surface area (Å²) < 4.78 is 43.9. The molecule has 0 heterocycles. The smallest absolute Gasteiger partial charge is 0.378 e. The molecule has 8 heteroatoms. The summed E-state index contributed by atoms with van der Waals surface area (Å²) in [4.78, 5) is 0. The molecule has 0 saturated heterocycles. The molecule has 0 aromatic carbocycles. The van der Waals surface area contributed by atoms with E-state index in [4.69, 9.17) is 16.6 Å². The zero-order chi connectivity index (χ0) is 16.3. The van der Waals surface area contributed by atoms with Crippen LogP contribution in [0, 0.1) is 17.8 Å². The van der Waals surface area contributed by atoms with Crippen LogP contribution in [0.25, 0.3) is 0 Å². The molecule has 0 spiro atoms. The summed E-state index contributed by atoms with van der Waals surface area (Å²) in [7, 11) is 0. The zero-order valence-electron chi connectivity index (χ0n) is 11.4. The molecular weight excluding hydrogens is 289 g/mol. The standard InChI is InChI=1S/C13H17F3N2O3/c1-3-12(20)5-8(6-12)18-10(13(14,15)16)9(7-17)11(19)21-4-2/h1,7-8,11,17-20H,4-6H2,2H3/b10-9+,17-7?/t8-,11?,12+. The maximum absolute atomic E-state index is 13.1. The lowest BCUT2D eigenvalue weighted by atomic mass is 9.76. The third kappa shape index (κ3) is 4.20. The fourth-order valence-corrected chi connectivity index (χ4v) is 2.02. The Balaban J connectivity index is 2.96. The largest absolute Gasteiger partial charge is 0.431 e. The number of nitrogens with one attached hydrogen (secondary N) is 2. The summed E-state index contributed by atoms with van der Waals surface area (Å²) in [5.74, 6) is 2.11. The molecule has 1 fully saturated rings. The molecule has 0 aromatic heterocycles. The first-order chi connectivity index (χ1) is 9.66. The van der Waals surface area contributed by atoms with E-state index in [-0.39, 0.29) is 19.4 Å². The van der Waals surface area contributed by atoms with Gasteiger partial charge >= 0.3 is 6.18 Å². The number of terminal acetylenes is 1. The van der Waals surface area contributed by atoms with Crippen molar-refractivity contribution in [3.8, 4) is 12.3 Å². The van der Waals surface area contributed by atoms with E-state index in [1.807, 2.05) is 0 Å². The van der Waals surface area contributed by atoms with Gasteiger partial charge in [-0.3, -0.25) is 0 Å². The fourth-order valence-electron chi connectivity index (χ4n) is 2.02. The molecule has 0 bridgehead atoms. The van der Waals surface area contributed by atoms with Crippen molar-refractivity contribution in [2.24, 2.45) is 0 Å². The maximum Gasteiger partial charge on any atom is 0.431 e. The van der Waals surface area contributed by atoms with E-state index >= 15 is 0 Å². The second kappa shape index (κ2) is 6.47. The van der Waals surface area contributed by atoms with Gasteiger partial charge in [-0.25, -0.2) is 0 Å². The van der Waals surface area contributed by atoms with E-state index < -0.39 is 35.4 Å².